The van der Waals surface area contributed by atoms with Crippen molar-refractivity contribution in [3.63, 3.8) is 0 Å². The Kier molecular flexibility index (Phi) is 5.66. The first kappa shape index (κ1) is 20.5. The van der Waals surface area contributed by atoms with Gasteiger partial charge < -0.3 is 19.7 Å². The maximum absolute atomic E-state index is 13.1. The van der Waals surface area contributed by atoms with Crippen molar-refractivity contribution in [1.29, 1.82) is 0 Å². The molecule has 0 saturated carbocycles. The summed E-state index contributed by atoms with van der Waals surface area (Å²) < 4.78 is 46.5. The molecule has 0 radical (unpaired) electrons. The van der Waals surface area contributed by atoms with E-state index in [1.807, 2.05) is 18.2 Å². The molecular formula is C22H18F3N3O3. The van der Waals surface area contributed by atoms with Crippen LogP contribution in [0.1, 0.15) is 16.1 Å². The number of fused-ring (bicyclic) bond motifs is 1. The van der Waals surface area contributed by atoms with Crippen molar-refractivity contribution in [2.24, 2.45) is 0 Å². The second-order valence-electron chi connectivity index (χ2n) is 6.80. The molecule has 2 aromatic carbocycles. The Balaban J connectivity index is 1.51. The van der Waals surface area contributed by atoms with Crippen molar-refractivity contribution in [3.05, 3.63) is 78.1 Å². The molecule has 0 aliphatic carbocycles. The molecule has 0 unspecified atom stereocenters. The summed E-state index contributed by atoms with van der Waals surface area (Å²) in [7, 11) is 0. The molecule has 160 valence electrons. The average Bonchev–Trinajstić information content (AvgIpc) is 2.88. The Hall–Kier alpha value is -3.75. The molecule has 0 atom stereocenters. The zero-order chi connectivity index (χ0) is 21.8. The number of pyridine rings is 1. The van der Waals surface area contributed by atoms with Gasteiger partial charge in [-0.2, -0.15) is 0 Å². The number of nitrogens with zero attached hydrogens (tertiary/aromatic N) is 2. The summed E-state index contributed by atoms with van der Waals surface area (Å²) in [6.07, 6.45) is -3.07. The average molecular weight is 429 g/mol. The molecule has 3 aromatic rings. The highest BCUT2D eigenvalue weighted by atomic mass is 19.4. The second-order valence-corrected chi connectivity index (χ2v) is 6.80. The van der Waals surface area contributed by atoms with Gasteiger partial charge in [0.05, 0.1) is 24.3 Å². The van der Waals surface area contributed by atoms with Gasteiger partial charge in [0.25, 0.3) is 5.91 Å². The second kappa shape index (κ2) is 8.55. The first-order chi connectivity index (χ1) is 14.9. The lowest BCUT2D eigenvalue weighted by molar-refractivity contribution is -0.274. The molecule has 0 bridgehead atoms. The first-order valence-electron chi connectivity index (χ1n) is 9.46. The molecule has 1 aliphatic heterocycles. The van der Waals surface area contributed by atoms with Gasteiger partial charge in [-0.25, -0.2) is 0 Å². The summed E-state index contributed by atoms with van der Waals surface area (Å²) in [5.74, 6) is -0.0163. The monoisotopic (exact) mass is 429 g/mol. The van der Waals surface area contributed by atoms with Crippen LogP contribution in [0.25, 0.3) is 0 Å². The fourth-order valence-electron chi connectivity index (χ4n) is 3.18. The van der Waals surface area contributed by atoms with Crippen molar-refractivity contribution in [2.45, 2.75) is 12.9 Å². The first-order valence-corrected chi connectivity index (χ1v) is 9.46. The number of alkyl halides is 3. The molecule has 1 aromatic heterocycles. The molecule has 4 rings (SSSR count). The molecule has 9 heteroatoms. The fourth-order valence-corrected chi connectivity index (χ4v) is 3.18. The normalized spacial score (nSPS) is 13.8. The number of hydrogen-bond acceptors (Lipinski definition) is 5. The Morgan fingerprint density at radius 3 is 2.55 bits per heavy atom. The topological polar surface area (TPSA) is 63.7 Å². The van der Waals surface area contributed by atoms with Crippen molar-refractivity contribution >= 4 is 17.3 Å². The Labute approximate surface area is 176 Å². The number of halogens is 3. The number of nitrogens with one attached hydrogen (secondary N) is 1. The SMILES string of the molecule is O=C1c2cc(Nc3ccc(OC(F)(F)F)cc3)ccc2OCCN1Cc1ccccn1. The van der Waals surface area contributed by atoms with Crippen LogP contribution >= 0.6 is 0 Å². The number of hydrogen-bond donors (Lipinski definition) is 1. The highest BCUT2D eigenvalue weighted by Gasteiger charge is 2.31. The minimum Gasteiger partial charge on any atom is -0.491 e. The minimum atomic E-state index is -4.74. The van der Waals surface area contributed by atoms with Crippen molar-refractivity contribution < 1.29 is 27.4 Å². The lowest BCUT2D eigenvalue weighted by Gasteiger charge is -2.19. The van der Waals surface area contributed by atoms with Gasteiger partial charge >= 0.3 is 6.36 Å². The van der Waals surface area contributed by atoms with Crippen LogP contribution in [0.2, 0.25) is 0 Å². The lowest BCUT2D eigenvalue weighted by Crippen LogP contribution is -2.32. The van der Waals surface area contributed by atoms with Crippen LogP contribution in [-0.2, 0) is 6.54 Å². The molecular weight excluding hydrogens is 411 g/mol. The van der Waals surface area contributed by atoms with Gasteiger partial charge in [0.15, 0.2) is 0 Å². The molecule has 1 N–H and O–H groups in total. The third-order valence-corrected chi connectivity index (χ3v) is 4.57. The highest BCUT2D eigenvalue weighted by Crippen LogP contribution is 2.30. The number of carbonyl (C=O) groups excluding carboxylic acids is 1. The summed E-state index contributed by atoms with van der Waals surface area (Å²) in [5.41, 5.74) is 2.31. The molecule has 0 spiro atoms. The molecule has 0 fully saturated rings. The maximum Gasteiger partial charge on any atom is 0.573 e. The Morgan fingerprint density at radius 2 is 1.84 bits per heavy atom. The van der Waals surface area contributed by atoms with Crippen LogP contribution in [0.4, 0.5) is 24.5 Å². The van der Waals surface area contributed by atoms with Gasteiger partial charge in [0.2, 0.25) is 0 Å². The molecule has 1 aliphatic rings. The van der Waals surface area contributed by atoms with E-state index in [2.05, 4.69) is 15.0 Å². The third kappa shape index (κ3) is 5.25. The van der Waals surface area contributed by atoms with Crippen molar-refractivity contribution in [2.75, 3.05) is 18.5 Å². The fraction of sp³-hybridized carbons (Fsp3) is 0.182. The molecule has 31 heavy (non-hydrogen) atoms. The number of anilines is 2. The summed E-state index contributed by atoms with van der Waals surface area (Å²) in [5, 5.41) is 3.07. The summed E-state index contributed by atoms with van der Waals surface area (Å²) in [6, 6.07) is 16.0. The minimum absolute atomic E-state index is 0.185. The van der Waals surface area contributed by atoms with E-state index >= 15 is 0 Å². The Morgan fingerprint density at radius 1 is 1.06 bits per heavy atom. The van der Waals surface area contributed by atoms with E-state index in [1.54, 1.807) is 29.3 Å². The number of aromatic nitrogens is 1. The van der Waals surface area contributed by atoms with Gasteiger partial charge in [0, 0.05) is 17.6 Å². The van der Waals surface area contributed by atoms with E-state index in [9.17, 15) is 18.0 Å². The Bertz CT molecular complexity index is 1060. The zero-order valence-electron chi connectivity index (χ0n) is 16.2. The summed E-state index contributed by atoms with van der Waals surface area (Å²) in [6.45, 7) is 1.15. The quantitative estimate of drug-likeness (QED) is 0.634. The van der Waals surface area contributed by atoms with Crippen LogP contribution in [0.15, 0.2) is 66.9 Å². The summed E-state index contributed by atoms with van der Waals surface area (Å²) in [4.78, 5) is 19.0. The number of benzene rings is 2. The van der Waals surface area contributed by atoms with Gasteiger partial charge in [0.1, 0.15) is 18.1 Å². The standard InChI is InChI=1S/C22H18F3N3O3/c23-22(24,25)31-18-7-4-15(5-8-18)27-16-6-9-20-19(13-16)21(29)28(11-12-30-20)14-17-3-1-2-10-26-17/h1-10,13,27H,11-12,14H2. The van der Waals surface area contributed by atoms with Crippen LogP contribution in [0.5, 0.6) is 11.5 Å². The molecule has 2 heterocycles. The largest absolute Gasteiger partial charge is 0.573 e. The predicted octanol–water partition coefficient (Wildman–Crippen LogP) is 4.76. The number of rotatable bonds is 5. The predicted molar refractivity (Wildman–Crippen MR) is 107 cm³/mol. The third-order valence-electron chi connectivity index (χ3n) is 4.57. The van der Waals surface area contributed by atoms with E-state index < -0.39 is 6.36 Å². The van der Waals surface area contributed by atoms with Crippen LogP contribution in [-0.4, -0.2) is 35.3 Å². The van der Waals surface area contributed by atoms with Gasteiger partial charge in [-0.1, -0.05) is 6.07 Å². The van der Waals surface area contributed by atoms with Gasteiger partial charge in [-0.3, -0.25) is 9.78 Å². The molecule has 1 amide bonds. The van der Waals surface area contributed by atoms with E-state index in [0.29, 0.717) is 42.4 Å². The number of amides is 1. The zero-order valence-corrected chi connectivity index (χ0v) is 16.2. The van der Waals surface area contributed by atoms with E-state index in [-0.39, 0.29) is 11.7 Å². The van der Waals surface area contributed by atoms with Gasteiger partial charge in [-0.05, 0) is 54.6 Å². The van der Waals surface area contributed by atoms with Gasteiger partial charge in [-0.15, -0.1) is 13.2 Å². The number of ether oxygens (including phenoxy) is 2. The van der Waals surface area contributed by atoms with Crippen LogP contribution in [0.3, 0.4) is 0 Å². The molecule has 6 nitrogen and oxygen atoms in total. The van der Waals surface area contributed by atoms with Crippen LogP contribution < -0.4 is 14.8 Å². The lowest BCUT2D eigenvalue weighted by atomic mass is 10.1. The summed E-state index contributed by atoms with van der Waals surface area (Å²) >= 11 is 0. The van der Waals surface area contributed by atoms with E-state index in [0.717, 1.165) is 5.69 Å². The smallest absolute Gasteiger partial charge is 0.491 e. The van der Waals surface area contributed by atoms with E-state index in [1.165, 1.54) is 24.3 Å². The number of carbonyl (C=O) groups is 1. The van der Waals surface area contributed by atoms with Crippen molar-refractivity contribution in [3.8, 4) is 11.5 Å². The van der Waals surface area contributed by atoms with Crippen molar-refractivity contribution in [1.82, 2.24) is 9.88 Å². The highest BCUT2D eigenvalue weighted by molar-refractivity contribution is 5.98. The molecule has 0 saturated heterocycles. The van der Waals surface area contributed by atoms with Crippen LogP contribution in [0, 0.1) is 0 Å². The maximum atomic E-state index is 13.1. The van der Waals surface area contributed by atoms with E-state index in [4.69, 9.17) is 4.74 Å².